The van der Waals surface area contributed by atoms with Gasteiger partial charge in [-0.25, -0.2) is 4.98 Å². The Labute approximate surface area is 121 Å². The second kappa shape index (κ2) is 6.51. The van der Waals surface area contributed by atoms with Crippen LogP contribution in [-0.4, -0.2) is 23.4 Å². The molecule has 0 atom stereocenters. The Morgan fingerprint density at radius 3 is 2.62 bits per heavy atom. The molecule has 0 saturated carbocycles. The number of amides is 2. The number of nitrogens with zero attached hydrogens (tertiary/aromatic N) is 1. The number of pyridine rings is 1. The number of carbonyl (C=O) groups is 2. The number of ether oxygens (including phenoxy) is 1. The van der Waals surface area contributed by atoms with E-state index in [0.29, 0.717) is 17.9 Å². The second-order valence-corrected chi connectivity index (χ2v) is 4.15. The van der Waals surface area contributed by atoms with Crippen LogP contribution in [0.3, 0.4) is 0 Å². The van der Waals surface area contributed by atoms with Crippen molar-refractivity contribution in [3.63, 3.8) is 0 Å². The highest BCUT2D eigenvalue weighted by Gasteiger charge is 2.16. The van der Waals surface area contributed by atoms with E-state index in [0.717, 1.165) is 0 Å². The Morgan fingerprint density at radius 2 is 1.90 bits per heavy atom. The molecule has 2 aromatic rings. The van der Waals surface area contributed by atoms with Crippen molar-refractivity contribution in [3.8, 4) is 5.88 Å². The number of anilines is 1. The molecule has 0 saturated heterocycles. The number of para-hydroxylation sites is 1. The number of carbonyl (C=O) groups excluding carboxylic acids is 2. The lowest BCUT2D eigenvalue weighted by molar-refractivity contribution is 0.100. The first kappa shape index (κ1) is 14.5. The molecule has 1 heterocycles. The molecule has 0 radical (unpaired) electrons. The summed E-state index contributed by atoms with van der Waals surface area (Å²) >= 11 is 0. The van der Waals surface area contributed by atoms with Gasteiger partial charge in [0.2, 0.25) is 5.88 Å². The Kier molecular flexibility index (Phi) is 4.50. The molecule has 21 heavy (non-hydrogen) atoms. The SMILES string of the molecule is CCOc1ncccc1C(=O)Nc1ccccc1C(N)=O. The van der Waals surface area contributed by atoms with Gasteiger partial charge in [0.05, 0.1) is 17.9 Å². The third-order valence-corrected chi connectivity index (χ3v) is 2.74. The predicted octanol–water partition coefficient (Wildman–Crippen LogP) is 1.83. The van der Waals surface area contributed by atoms with Crippen molar-refractivity contribution in [2.45, 2.75) is 6.92 Å². The summed E-state index contributed by atoms with van der Waals surface area (Å²) in [5.41, 5.74) is 6.16. The van der Waals surface area contributed by atoms with E-state index < -0.39 is 11.8 Å². The minimum Gasteiger partial charge on any atom is -0.477 e. The molecule has 0 unspecified atom stereocenters. The van der Waals surface area contributed by atoms with Crippen molar-refractivity contribution in [1.29, 1.82) is 0 Å². The fraction of sp³-hybridized carbons (Fsp3) is 0.133. The molecular formula is C15H15N3O3. The fourth-order valence-electron chi connectivity index (χ4n) is 1.81. The molecule has 0 aliphatic heterocycles. The minimum absolute atomic E-state index is 0.243. The van der Waals surface area contributed by atoms with Gasteiger partial charge in [0.1, 0.15) is 5.56 Å². The highest BCUT2D eigenvalue weighted by atomic mass is 16.5. The van der Waals surface area contributed by atoms with E-state index in [1.165, 1.54) is 0 Å². The zero-order chi connectivity index (χ0) is 15.2. The van der Waals surface area contributed by atoms with E-state index >= 15 is 0 Å². The van der Waals surface area contributed by atoms with Gasteiger partial charge in [-0.1, -0.05) is 12.1 Å². The molecule has 0 bridgehead atoms. The molecule has 0 spiro atoms. The topological polar surface area (TPSA) is 94.3 Å². The van der Waals surface area contributed by atoms with E-state index in [4.69, 9.17) is 10.5 Å². The van der Waals surface area contributed by atoms with Crippen LogP contribution in [-0.2, 0) is 0 Å². The monoisotopic (exact) mass is 285 g/mol. The summed E-state index contributed by atoms with van der Waals surface area (Å²) in [5, 5.41) is 2.65. The number of benzene rings is 1. The molecule has 0 aliphatic rings. The number of primary amides is 1. The van der Waals surface area contributed by atoms with Crippen LogP contribution in [0.15, 0.2) is 42.6 Å². The summed E-state index contributed by atoms with van der Waals surface area (Å²) in [6, 6.07) is 9.76. The van der Waals surface area contributed by atoms with Gasteiger partial charge in [-0.15, -0.1) is 0 Å². The molecular weight excluding hydrogens is 270 g/mol. The summed E-state index contributed by atoms with van der Waals surface area (Å²) in [5.74, 6) is -0.781. The molecule has 1 aromatic carbocycles. The van der Waals surface area contributed by atoms with E-state index in [1.54, 1.807) is 49.5 Å². The van der Waals surface area contributed by atoms with Crippen LogP contribution >= 0.6 is 0 Å². The van der Waals surface area contributed by atoms with Crippen LogP contribution in [0.5, 0.6) is 5.88 Å². The Bertz CT molecular complexity index is 671. The number of nitrogens with one attached hydrogen (secondary N) is 1. The summed E-state index contributed by atoms with van der Waals surface area (Å²) in [6.45, 7) is 2.20. The van der Waals surface area contributed by atoms with Crippen LogP contribution in [0, 0.1) is 0 Å². The standard InChI is InChI=1S/C15H15N3O3/c1-2-21-15-11(7-5-9-17-15)14(20)18-12-8-4-3-6-10(12)13(16)19/h3-9H,2H2,1H3,(H2,16,19)(H,18,20). The molecule has 6 nitrogen and oxygen atoms in total. The minimum atomic E-state index is -0.609. The first-order chi connectivity index (χ1) is 10.1. The van der Waals surface area contributed by atoms with Crippen LogP contribution in [0.2, 0.25) is 0 Å². The summed E-state index contributed by atoms with van der Waals surface area (Å²) < 4.78 is 5.31. The lowest BCUT2D eigenvalue weighted by atomic mass is 10.1. The van der Waals surface area contributed by atoms with Gasteiger partial charge in [-0.3, -0.25) is 9.59 Å². The van der Waals surface area contributed by atoms with Crippen molar-refractivity contribution in [3.05, 3.63) is 53.7 Å². The molecule has 1 aromatic heterocycles. The van der Waals surface area contributed by atoms with Gasteiger partial charge in [-0.2, -0.15) is 0 Å². The lowest BCUT2D eigenvalue weighted by Crippen LogP contribution is -2.19. The molecule has 0 fully saturated rings. The van der Waals surface area contributed by atoms with E-state index in [1.807, 2.05) is 0 Å². The molecule has 6 heteroatoms. The van der Waals surface area contributed by atoms with E-state index in [9.17, 15) is 9.59 Å². The van der Waals surface area contributed by atoms with Crippen molar-refractivity contribution < 1.29 is 14.3 Å². The Hall–Kier alpha value is -2.89. The quantitative estimate of drug-likeness (QED) is 0.876. The maximum absolute atomic E-state index is 12.3. The van der Waals surface area contributed by atoms with Crippen LogP contribution in [0.4, 0.5) is 5.69 Å². The van der Waals surface area contributed by atoms with Gasteiger partial charge >= 0.3 is 0 Å². The second-order valence-electron chi connectivity index (χ2n) is 4.15. The third-order valence-electron chi connectivity index (χ3n) is 2.74. The number of nitrogens with two attached hydrogens (primary N) is 1. The Morgan fingerprint density at radius 1 is 1.19 bits per heavy atom. The zero-order valence-corrected chi connectivity index (χ0v) is 11.5. The molecule has 2 rings (SSSR count). The average Bonchev–Trinajstić information content (AvgIpc) is 2.48. The summed E-state index contributed by atoms with van der Waals surface area (Å²) in [4.78, 5) is 27.7. The van der Waals surface area contributed by atoms with Crippen molar-refractivity contribution in [2.24, 2.45) is 5.73 Å². The number of hydrogen-bond donors (Lipinski definition) is 2. The van der Waals surface area contributed by atoms with Gasteiger partial charge in [0.15, 0.2) is 0 Å². The first-order valence-corrected chi connectivity index (χ1v) is 6.41. The van der Waals surface area contributed by atoms with Crippen LogP contribution < -0.4 is 15.8 Å². The van der Waals surface area contributed by atoms with Gasteiger partial charge in [0.25, 0.3) is 11.8 Å². The van der Waals surface area contributed by atoms with Crippen molar-refractivity contribution in [1.82, 2.24) is 4.98 Å². The van der Waals surface area contributed by atoms with E-state index in [-0.39, 0.29) is 11.4 Å². The summed E-state index contributed by atoms with van der Waals surface area (Å²) in [7, 11) is 0. The fourth-order valence-corrected chi connectivity index (χ4v) is 1.81. The highest BCUT2D eigenvalue weighted by molar-refractivity contribution is 6.09. The number of aromatic nitrogens is 1. The molecule has 3 N–H and O–H groups in total. The molecule has 108 valence electrons. The number of rotatable bonds is 5. The van der Waals surface area contributed by atoms with Crippen molar-refractivity contribution in [2.75, 3.05) is 11.9 Å². The first-order valence-electron chi connectivity index (χ1n) is 6.41. The van der Waals surface area contributed by atoms with Crippen LogP contribution in [0.1, 0.15) is 27.6 Å². The van der Waals surface area contributed by atoms with Crippen LogP contribution in [0.25, 0.3) is 0 Å². The molecule has 0 aliphatic carbocycles. The smallest absolute Gasteiger partial charge is 0.261 e. The molecule has 2 amide bonds. The lowest BCUT2D eigenvalue weighted by Gasteiger charge is -2.11. The zero-order valence-electron chi connectivity index (χ0n) is 11.5. The van der Waals surface area contributed by atoms with Gasteiger partial charge < -0.3 is 15.8 Å². The van der Waals surface area contributed by atoms with E-state index in [2.05, 4.69) is 10.3 Å². The number of hydrogen-bond acceptors (Lipinski definition) is 4. The largest absolute Gasteiger partial charge is 0.477 e. The van der Waals surface area contributed by atoms with Crippen molar-refractivity contribution >= 4 is 17.5 Å². The average molecular weight is 285 g/mol. The predicted molar refractivity (Wildman–Crippen MR) is 78.3 cm³/mol. The highest BCUT2D eigenvalue weighted by Crippen LogP contribution is 2.19. The maximum atomic E-state index is 12.3. The summed E-state index contributed by atoms with van der Waals surface area (Å²) in [6.07, 6.45) is 1.54. The van der Waals surface area contributed by atoms with Gasteiger partial charge in [0, 0.05) is 6.20 Å². The maximum Gasteiger partial charge on any atom is 0.261 e. The third kappa shape index (κ3) is 3.36. The normalized spacial score (nSPS) is 9.95. The Balaban J connectivity index is 2.29. The van der Waals surface area contributed by atoms with Gasteiger partial charge in [-0.05, 0) is 31.2 Å².